The third-order valence-electron chi connectivity index (χ3n) is 3.75. The Morgan fingerprint density at radius 3 is 2.47 bits per heavy atom. The van der Waals surface area contributed by atoms with Gasteiger partial charge in [0, 0.05) is 44.8 Å². The third-order valence-corrected chi connectivity index (χ3v) is 3.75. The lowest BCUT2D eigenvalue weighted by Crippen LogP contribution is -2.49. The highest BCUT2D eigenvalue weighted by molar-refractivity contribution is 5.21. The highest BCUT2D eigenvalue weighted by Crippen LogP contribution is 2.23. The quantitative estimate of drug-likeness (QED) is 0.812. The van der Waals surface area contributed by atoms with Gasteiger partial charge in [-0.3, -0.25) is 9.80 Å². The largest absolute Gasteiger partial charge is 0.395 e. The van der Waals surface area contributed by atoms with Crippen molar-refractivity contribution < 1.29 is 9.50 Å². The molecule has 1 unspecified atom stereocenters. The molecule has 5 heteroatoms. The van der Waals surface area contributed by atoms with Crippen molar-refractivity contribution in [2.75, 3.05) is 45.9 Å². The second-order valence-electron chi connectivity index (χ2n) is 4.87. The van der Waals surface area contributed by atoms with Crippen LogP contribution in [-0.2, 0) is 0 Å². The Morgan fingerprint density at radius 1 is 1.21 bits per heavy atom. The maximum absolute atomic E-state index is 13.9. The number of halogens is 1. The van der Waals surface area contributed by atoms with Gasteiger partial charge in [0.2, 0.25) is 0 Å². The zero-order chi connectivity index (χ0) is 13.7. The minimum atomic E-state index is -0.185. The maximum atomic E-state index is 13.9. The molecule has 0 saturated carbocycles. The molecule has 1 saturated heterocycles. The number of rotatable bonds is 5. The second-order valence-corrected chi connectivity index (χ2v) is 4.87. The predicted octanol–water partition coefficient (Wildman–Crippen LogP) is 0.435. The Balaban J connectivity index is 2.02. The van der Waals surface area contributed by atoms with E-state index in [2.05, 4.69) is 9.80 Å². The number of hydrogen-bond acceptors (Lipinski definition) is 4. The molecule has 0 aliphatic carbocycles. The van der Waals surface area contributed by atoms with E-state index in [1.165, 1.54) is 6.07 Å². The van der Waals surface area contributed by atoms with Gasteiger partial charge in [0.1, 0.15) is 5.82 Å². The zero-order valence-electron chi connectivity index (χ0n) is 11.1. The summed E-state index contributed by atoms with van der Waals surface area (Å²) in [6, 6.07) is 6.79. The van der Waals surface area contributed by atoms with E-state index < -0.39 is 0 Å². The highest BCUT2D eigenvalue weighted by atomic mass is 19.1. The van der Waals surface area contributed by atoms with Crippen LogP contribution in [-0.4, -0.2) is 60.8 Å². The number of hydrogen-bond donors (Lipinski definition) is 2. The SMILES string of the molecule is NCC(c1ccccc1F)N1CCN(CCO)CC1. The van der Waals surface area contributed by atoms with Crippen LogP contribution in [0.3, 0.4) is 0 Å². The zero-order valence-corrected chi connectivity index (χ0v) is 11.1. The number of benzene rings is 1. The third kappa shape index (κ3) is 3.51. The monoisotopic (exact) mass is 267 g/mol. The van der Waals surface area contributed by atoms with Crippen LogP contribution < -0.4 is 5.73 Å². The van der Waals surface area contributed by atoms with Crippen LogP contribution in [0, 0.1) is 5.82 Å². The van der Waals surface area contributed by atoms with Gasteiger partial charge in [-0.05, 0) is 6.07 Å². The van der Waals surface area contributed by atoms with Crippen LogP contribution >= 0.6 is 0 Å². The van der Waals surface area contributed by atoms with Crippen LogP contribution in [0.25, 0.3) is 0 Å². The lowest BCUT2D eigenvalue weighted by Gasteiger charge is -2.39. The van der Waals surface area contributed by atoms with Crippen LogP contribution in [0.4, 0.5) is 4.39 Å². The number of β-amino-alcohol motifs (C(OH)–C–C–N with tert-alkyl or cyclic N) is 1. The minimum absolute atomic E-state index is 0.0579. The highest BCUT2D eigenvalue weighted by Gasteiger charge is 2.25. The average Bonchev–Trinajstić information content (AvgIpc) is 2.44. The Hall–Kier alpha value is -1.01. The number of piperazine rings is 1. The van der Waals surface area contributed by atoms with Gasteiger partial charge in [0.15, 0.2) is 0 Å². The Kier molecular flexibility index (Phi) is 5.27. The van der Waals surface area contributed by atoms with E-state index in [1.807, 2.05) is 12.1 Å². The molecule has 1 atom stereocenters. The van der Waals surface area contributed by atoms with Crippen molar-refractivity contribution in [3.8, 4) is 0 Å². The molecule has 0 radical (unpaired) electrons. The fourth-order valence-electron chi connectivity index (χ4n) is 2.66. The lowest BCUT2D eigenvalue weighted by molar-refractivity contribution is 0.0845. The summed E-state index contributed by atoms with van der Waals surface area (Å²) in [6.45, 7) is 4.82. The maximum Gasteiger partial charge on any atom is 0.128 e. The molecule has 0 bridgehead atoms. The summed E-state index contributed by atoms with van der Waals surface area (Å²) >= 11 is 0. The van der Waals surface area contributed by atoms with Crippen molar-refractivity contribution >= 4 is 0 Å². The molecule has 0 spiro atoms. The van der Waals surface area contributed by atoms with E-state index in [-0.39, 0.29) is 18.5 Å². The first-order valence-electron chi connectivity index (χ1n) is 6.78. The molecular formula is C14H22FN3O. The average molecular weight is 267 g/mol. The van der Waals surface area contributed by atoms with Crippen molar-refractivity contribution in [2.45, 2.75) is 6.04 Å². The van der Waals surface area contributed by atoms with Crippen molar-refractivity contribution in [3.63, 3.8) is 0 Å². The molecule has 106 valence electrons. The van der Waals surface area contributed by atoms with Crippen LogP contribution in [0.2, 0.25) is 0 Å². The van der Waals surface area contributed by atoms with Gasteiger partial charge in [0.05, 0.1) is 12.6 Å². The van der Waals surface area contributed by atoms with Gasteiger partial charge in [-0.1, -0.05) is 18.2 Å². The molecular weight excluding hydrogens is 245 g/mol. The molecule has 1 aliphatic rings. The Bertz CT molecular complexity index is 394. The van der Waals surface area contributed by atoms with Crippen molar-refractivity contribution in [2.24, 2.45) is 5.73 Å². The van der Waals surface area contributed by atoms with Gasteiger partial charge in [-0.2, -0.15) is 0 Å². The van der Waals surface area contributed by atoms with Gasteiger partial charge in [-0.15, -0.1) is 0 Å². The summed E-state index contributed by atoms with van der Waals surface area (Å²) in [5.41, 5.74) is 6.52. The molecule has 19 heavy (non-hydrogen) atoms. The summed E-state index contributed by atoms with van der Waals surface area (Å²) in [6.07, 6.45) is 0. The van der Waals surface area contributed by atoms with E-state index in [0.717, 1.165) is 26.2 Å². The molecule has 0 aromatic heterocycles. The summed E-state index contributed by atoms with van der Waals surface area (Å²) in [7, 11) is 0. The fraction of sp³-hybridized carbons (Fsp3) is 0.571. The van der Waals surface area contributed by atoms with Gasteiger partial charge in [-0.25, -0.2) is 4.39 Å². The van der Waals surface area contributed by atoms with E-state index in [9.17, 15) is 4.39 Å². The number of aliphatic hydroxyl groups excluding tert-OH is 1. The van der Waals surface area contributed by atoms with Crippen LogP contribution in [0.5, 0.6) is 0 Å². The number of nitrogens with zero attached hydrogens (tertiary/aromatic N) is 2. The topological polar surface area (TPSA) is 52.7 Å². The molecule has 1 aromatic rings. The first kappa shape index (κ1) is 14.4. The first-order chi connectivity index (χ1) is 9.26. The Morgan fingerprint density at radius 2 is 1.89 bits per heavy atom. The number of nitrogens with two attached hydrogens (primary N) is 1. The van der Waals surface area contributed by atoms with Crippen molar-refractivity contribution in [1.82, 2.24) is 9.80 Å². The van der Waals surface area contributed by atoms with E-state index in [4.69, 9.17) is 10.8 Å². The van der Waals surface area contributed by atoms with E-state index >= 15 is 0 Å². The summed E-state index contributed by atoms with van der Waals surface area (Å²) in [4.78, 5) is 4.44. The van der Waals surface area contributed by atoms with Gasteiger partial charge < -0.3 is 10.8 Å². The van der Waals surface area contributed by atoms with Crippen molar-refractivity contribution in [1.29, 1.82) is 0 Å². The molecule has 0 amide bonds. The van der Waals surface area contributed by atoms with Crippen LogP contribution in [0.1, 0.15) is 11.6 Å². The molecule has 1 heterocycles. The molecule has 4 nitrogen and oxygen atoms in total. The van der Waals surface area contributed by atoms with Gasteiger partial charge in [0.25, 0.3) is 0 Å². The molecule has 3 N–H and O–H groups in total. The minimum Gasteiger partial charge on any atom is -0.395 e. The van der Waals surface area contributed by atoms with Gasteiger partial charge >= 0.3 is 0 Å². The molecule has 2 rings (SSSR count). The summed E-state index contributed by atoms with van der Waals surface area (Å²) < 4.78 is 13.9. The summed E-state index contributed by atoms with van der Waals surface area (Å²) in [5.74, 6) is -0.185. The first-order valence-corrected chi connectivity index (χ1v) is 6.78. The van der Waals surface area contributed by atoms with E-state index in [1.54, 1.807) is 6.07 Å². The summed E-state index contributed by atoms with van der Waals surface area (Å²) in [5, 5.41) is 8.93. The normalized spacial score (nSPS) is 19.5. The standard InChI is InChI=1S/C14H22FN3O/c15-13-4-2-1-3-12(13)14(11-16)18-7-5-17(6-8-18)9-10-19/h1-4,14,19H,5-11,16H2. The molecule has 1 fully saturated rings. The van der Waals surface area contributed by atoms with Crippen molar-refractivity contribution in [3.05, 3.63) is 35.6 Å². The number of aliphatic hydroxyl groups is 1. The molecule has 1 aromatic carbocycles. The van der Waals surface area contributed by atoms with E-state index in [0.29, 0.717) is 18.7 Å². The lowest BCUT2D eigenvalue weighted by atomic mass is 10.0. The predicted molar refractivity (Wildman–Crippen MR) is 73.3 cm³/mol. The van der Waals surface area contributed by atoms with Crippen LogP contribution in [0.15, 0.2) is 24.3 Å². The molecule has 1 aliphatic heterocycles. The fourth-order valence-corrected chi connectivity index (χ4v) is 2.66. The second kappa shape index (κ2) is 6.96. The Labute approximate surface area is 113 Å². The smallest absolute Gasteiger partial charge is 0.128 e.